The summed E-state index contributed by atoms with van der Waals surface area (Å²) >= 11 is 0. The molecule has 0 aromatic heterocycles. The zero-order valence-electron chi connectivity index (χ0n) is 11.5. The van der Waals surface area contributed by atoms with Crippen LogP contribution >= 0.6 is 0 Å². The van der Waals surface area contributed by atoms with Crippen molar-refractivity contribution in [2.45, 2.75) is 52.4 Å². The number of hydrogen-bond donors (Lipinski definition) is 1. The molecule has 0 aliphatic heterocycles. The molecule has 18 heavy (non-hydrogen) atoms. The molecule has 1 aromatic rings. The molecule has 1 atom stereocenters. The third-order valence-corrected chi connectivity index (χ3v) is 3.39. The minimum Gasteiger partial charge on any atom is -0.478 e. The van der Waals surface area contributed by atoms with Gasteiger partial charge in [-0.15, -0.1) is 0 Å². The molecule has 0 spiro atoms. The molecular formula is C16H24O2. The lowest BCUT2D eigenvalue weighted by Crippen LogP contribution is -2.05. The summed E-state index contributed by atoms with van der Waals surface area (Å²) in [6.45, 7) is 4.46. The molecule has 1 N–H and O–H groups in total. The molecule has 0 fully saturated rings. The van der Waals surface area contributed by atoms with Gasteiger partial charge in [0, 0.05) is 0 Å². The normalized spacial score (nSPS) is 12.3. The summed E-state index contributed by atoms with van der Waals surface area (Å²) in [7, 11) is 0. The Bertz CT molecular complexity index is 354. The second-order valence-corrected chi connectivity index (χ2v) is 5.00. The van der Waals surface area contributed by atoms with Crippen molar-refractivity contribution in [3.8, 4) is 0 Å². The Kier molecular flexibility index (Phi) is 6.48. The molecule has 1 rings (SSSR count). The highest BCUT2D eigenvalue weighted by atomic mass is 16.4. The number of unbranched alkanes of at least 4 members (excludes halogenated alkanes) is 1. The standard InChI is InChI=1S/C16H24O2/c1-3-5-7-13(6-4-2)12-14-8-10-15(11-9-14)16(17)18/h8-11,13H,3-7,12H2,1-2H3,(H,17,18). The molecule has 0 aliphatic rings. The molecule has 0 aliphatic carbocycles. The van der Waals surface area contributed by atoms with E-state index < -0.39 is 5.97 Å². The van der Waals surface area contributed by atoms with Crippen molar-refractivity contribution in [2.24, 2.45) is 5.92 Å². The van der Waals surface area contributed by atoms with Gasteiger partial charge >= 0.3 is 5.97 Å². The number of aromatic carboxylic acids is 1. The molecule has 0 amide bonds. The number of rotatable bonds is 8. The molecule has 0 saturated heterocycles. The van der Waals surface area contributed by atoms with E-state index in [-0.39, 0.29) is 0 Å². The van der Waals surface area contributed by atoms with Crippen LogP contribution in [-0.4, -0.2) is 11.1 Å². The van der Waals surface area contributed by atoms with Crippen LogP contribution < -0.4 is 0 Å². The lowest BCUT2D eigenvalue weighted by Gasteiger charge is -2.15. The minimum absolute atomic E-state index is 0.374. The first-order valence-electron chi connectivity index (χ1n) is 6.99. The van der Waals surface area contributed by atoms with Crippen molar-refractivity contribution in [2.75, 3.05) is 0 Å². The second-order valence-electron chi connectivity index (χ2n) is 5.00. The molecule has 0 heterocycles. The predicted molar refractivity (Wildman–Crippen MR) is 75.0 cm³/mol. The van der Waals surface area contributed by atoms with Crippen molar-refractivity contribution in [3.63, 3.8) is 0 Å². The van der Waals surface area contributed by atoms with Gasteiger partial charge in [0.1, 0.15) is 0 Å². The Balaban J connectivity index is 2.59. The van der Waals surface area contributed by atoms with E-state index in [2.05, 4.69) is 13.8 Å². The molecule has 1 unspecified atom stereocenters. The average Bonchev–Trinajstić information content (AvgIpc) is 2.37. The topological polar surface area (TPSA) is 37.3 Å². The van der Waals surface area contributed by atoms with Gasteiger partial charge < -0.3 is 5.11 Å². The van der Waals surface area contributed by atoms with Crippen LogP contribution in [0, 0.1) is 5.92 Å². The number of benzene rings is 1. The summed E-state index contributed by atoms with van der Waals surface area (Å²) < 4.78 is 0. The van der Waals surface area contributed by atoms with E-state index in [4.69, 9.17) is 5.11 Å². The van der Waals surface area contributed by atoms with E-state index in [0.29, 0.717) is 5.56 Å². The Morgan fingerprint density at radius 1 is 1.11 bits per heavy atom. The van der Waals surface area contributed by atoms with Crippen LogP contribution in [0.15, 0.2) is 24.3 Å². The van der Waals surface area contributed by atoms with Crippen LogP contribution in [0.25, 0.3) is 0 Å². The third kappa shape index (κ3) is 4.91. The van der Waals surface area contributed by atoms with Crippen LogP contribution in [0.3, 0.4) is 0 Å². The second kappa shape index (κ2) is 7.91. The SMILES string of the molecule is CCCCC(CCC)Cc1ccc(C(=O)O)cc1. The van der Waals surface area contributed by atoms with Crippen molar-refractivity contribution >= 4 is 5.97 Å². The van der Waals surface area contributed by atoms with Crippen molar-refractivity contribution < 1.29 is 9.90 Å². The van der Waals surface area contributed by atoms with Gasteiger partial charge in [-0.3, -0.25) is 0 Å². The lowest BCUT2D eigenvalue weighted by molar-refractivity contribution is 0.0697. The summed E-state index contributed by atoms with van der Waals surface area (Å²) in [4.78, 5) is 10.8. The first kappa shape index (κ1) is 14.7. The summed E-state index contributed by atoms with van der Waals surface area (Å²) in [6, 6.07) is 7.33. The summed E-state index contributed by atoms with van der Waals surface area (Å²) in [5.41, 5.74) is 1.63. The van der Waals surface area contributed by atoms with Gasteiger partial charge in [-0.1, -0.05) is 58.1 Å². The predicted octanol–water partition coefficient (Wildman–Crippen LogP) is 4.53. The third-order valence-electron chi connectivity index (χ3n) is 3.39. The Morgan fingerprint density at radius 2 is 1.78 bits per heavy atom. The molecule has 0 saturated carbocycles. The highest BCUT2D eigenvalue weighted by molar-refractivity contribution is 5.87. The first-order chi connectivity index (χ1) is 8.67. The summed E-state index contributed by atoms with van der Waals surface area (Å²) in [5.74, 6) is -0.108. The van der Waals surface area contributed by atoms with Crippen LogP contribution in [0.5, 0.6) is 0 Å². The van der Waals surface area contributed by atoms with Crippen molar-refractivity contribution in [3.05, 3.63) is 35.4 Å². The maximum absolute atomic E-state index is 10.8. The van der Waals surface area contributed by atoms with Crippen LogP contribution in [0.1, 0.15) is 61.9 Å². The van der Waals surface area contributed by atoms with Gasteiger partial charge in [0.05, 0.1) is 5.56 Å². The summed E-state index contributed by atoms with van der Waals surface area (Å²) in [5, 5.41) is 8.86. The van der Waals surface area contributed by atoms with Crippen molar-refractivity contribution in [1.29, 1.82) is 0 Å². The number of hydrogen-bond acceptors (Lipinski definition) is 1. The molecule has 0 radical (unpaired) electrons. The Hall–Kier alpha value is -1.31. The fourth-order valence-corrected chi connectivity index (χ4v) is 2.37. The Labute approximate surface area is 110 Å². The quantitative estimate of drug-likeness (QED) is 0.733. The fraction of sp³-hybridized carbons (Fsp3) is 0.562. The largest absolute Gasteiger partial charge is 0.478 e. The van der Waals surface area contributed by atoms with Gasteiger partial charge in [0.15, 0.2) is 0 Å². The van der Waals surface area contributed by atoms with Crippen LogP contribution in [-0.2, 0) is 6.42 Å². The van der Waals surface area contributed by atoms with Gasteiger partial charge in [-0.25, -0.2) is 4.79 Å². The molecule has 2 nitrogen and oxygen atoms in total. The molecule has 0 bridgehead atoms. The molecule has 1 aromatic carbocycles. The van der Waals surface area contributed by atoms with Crippen molar-refractivity contribution in [1.82, 2.24) is 0 Å². The van der Waals surface area contributed by atoms with Crippen LogP contribution in [0.2, 0.25) is 0 Å². The van der Waals surface area contributed by atoms with Crippen LogP contribution in [0.4, 0.5) is 0 Å². The monoisotopic (exact) mass is 248 g/mol. The van der Waals surface area contributed by atoms with E-state index in [0.717, 1.165) is 12.3 Å². The van der Waals surface area contributed by atoms with Gasteiger partial charge in [-0.05, 0) is 30.0 Å². The average molecular weight is 248 g/mol. The highest BCUT2D eigenvalue weighted by Gasteiger charge is 2.09. The van der Waals surface area contributed by atoms with E-state index in [1.165, 1.54) is 37.7 Å². The number of carboxylic acids is 1. The molecule has 100 valence electrons. The zero-order valence-corrected chi connectivity index (χ0v) is 11.5. The Morgan fingerprint density at radius 3 is 2.28 bits per heavy atom. The van der Waals surface area contributed by atoms with E-state index in [9.17, 15) is 4.79 Å². The van der Waals surface area contributed by atoms with E-state index >= 15 is 0 Å². The zero-order chi connectivity index (χ0) is 13.4. The van der Waals surface area contributed by atoms with E-state index in [1.54, 1.807) is 12.1 Å². The van der Waals surface area contributed by atoms with Gasteiger partial charge in [-0.2, -0.15) is 0 Å². The number of carbonyl (C=O) groups is 1. The van der Waals surface area contributed by atoms with Gasteiger partial charge in [0.25, 0.3) is 0 Å². The smallest absolute Gasteiger partial charge is 0.335 e. The maximum Gasteiger partial charge on any atom is 0.335 e. The highest BCUT2D eigenvalue weighted by Crippen LogP contribution is 2.20. The summed E-state index contributed by atoms with van der Waals surface area (Å²) in [6.07, 6.45) is 7.39. The molecular weight excluding hydrogens is 224 g/mol. The lowest BCUT2D eigenvalue weighted by atomic mass is 9.90. The maximum atomic E-state index is 10.8. The number of carboxylic acid groups (broad SMARTS) is 1. The minimum atomic E-state index is -0.849. The van der Waals surface area contributed by atoms with E-state index in [1.807, 2.05) is 12.1 Å². The molecule has 2 heteroatoms. The van der Waals surface area contributed by atoms with Gasteiger partial charge in [0.2, 0.25) is 0 Å². The first-order valence-corrected chi connectivity index (χ1v) is 6.99. The fourth-order valence-electron chi connectivity index (χ4n) is 2.37.